The van der Waals surface area contributed by atoms with Crippen molar-refractivity contribution in [3.8, 4) is 0 Å². The number of pyridine rings is 1. The van der Waals surface area contributed by atoms with Crippen LogP contribution >= 0.6 is 0 Å². The molecule has 1 unspecified atom stereocenters. The molecule has 0 aliphatic heterocycles. The maximum Gasteiger partial charge on any atom is 0.523 e. The van der Waals surface area contributed by atoms with Crippen molar-refractivity contribution < 1.29 is 27.4 Å². The Morgan fingerprint density at radius 3 is 2.62 bits per heavy atom. The van der Waals surface area contributed by atoms with E-state index < -0.39 is 18.4 Å². The number of halogens is 3. The number of carbonyl (C=O) groups excluding carboxylic acids is 1. The highest BCUT2D eigenvalue weighted by molar-refractivity contribution is 6.03. The monoisotopic (exact) mass is 299 g/mol. The standard InChI is InChI=1S/C14H12F3NO3/c1-8(21-14(15,16)17)9-3-4-10-11(13(19)20-2)5-6-18-12(10)7-9/h3-8H,1-2H3. The molecule has 1 aromatic heterocycles. The Labute approximate surface area is 118 Å². The van der Waals surface area contributed by atoms with Crippen molar-refractivity contribution in [2.24, 2.45) is 0 Å². The van der Waals surface area contributed by atoms with Crippen LogP contribution in [0.25, 0.3) is 10.9 Å². The molecular weight excluding hydrogens is 287 g/mol. The number of alkyl halides is 3. The average Bonchev–Trinajstić information content (AvgIpc) is 2.43. The van der Waals surface area contributed by atoms with Gasteiger partial charge in [-0.3, -0.25) is 9.72 Å². The first-order valence-electron chi connectivity index (χ1n) is 6.03. The van der Waals surface area contributed by atoms with Gasteiger partial charge in [-0.25, -0.2) is 4.79 Å². The van der Waals surface area contributed by atoms with Gasteiger partial charge in [0, 0.05) is 11.6 Å². The summed E-state index contributed by atoms with van der Waals surface area (Å²) in [5.74, 6) is -0.533. The van der Waals surface area contributed by atoms with Crippen LogP contribution in [0, 0.1) is 0 Å². The van der Waals surface area contributed by atoms with Crippen LogP contribution in [0.15, 0.2) is 30.5 Å². The average molecular weight is 299 g/mol. The Kier molecular flexibility index (Phi) is 4.13. The largest absolute Gasteiger partial charge is 0.523 e. The Morgan fingerprint density at radius 2 is 2.00 bits per heavy atom. The van der Waals surface area contributed by atoms with E-state index in [4.69, 9.17) is 0 Å². The predicted molar refractivity (Wildman–Crippen MR) is 68.6 cm³/mol. The van der Waals surface area contributed by atoms with Gasteiger partial charge in [0.2, 0.25) is 0 Å². The summed E-state index contributed by atoms with van der Waals surface area (Å²) in [4.78, 5) is 15.7. The molecule has 0 aliphatic carbocycles. The van der Waals surface area contributed by atoms with Crippen molar-refractivity contribution in [1.29, 1.82) is 0 Å². The summed E-state index contributed by atoms with van der Waals surface area (Å²) in [5.41, 5.74) is 1.01. The van der Waals surface area contributed by atoms with Gasteiger partial charge in [0.05, 0.1) is 24.3 Å². The van der Waals surface area contributed by atoms with Crippen molar-refractivity contribution in [2.75, 3.05) is 7.11 Å². The second-order valence-electron chi connectivity index (χ2n) is 4.33. The Bertz CT molecular complexity index is 670. The lowest BCUT2D eigenvalue weighted by atomic mass is 10.0. The highest BCUT2D eigenvalue weighted by atomic mass is 19.4. The Balaban J connectivity index is 2.41. The lowest BCUT2D eigenvalue weighted by Crippen LogP contribution is -2.16. The SMILES string of the molecule is COC(=O)c1ccnc2cc(C(C)OC(F)(F)F)ccc12. The fraction of sp³-hybridized carbons (Fsp3) is 0.286. The highest BCUT2D eigenvalue weighted by Crippen LogP contribution is 2.29. The van der Waals surface area contributed by atoms with Crippen LogP contribution < -0.4 is 0 Å². The maximum absolute atomic E-state index is 12.2. The van der Waals surface area contributed by atoms with E-state index in [1.807, 2.05) is 0 Å². The highest BCUT2D eigenvalue weighted by Gasteiger charge is 2.32. The number of nitrogens with zero attached hydrogens (tertiary/aromatic N) is 1. The molecule has 0 N–H and O–H groups in total. The number of benzene rings is 1. The summed E-state index contributed by atoms with van der Waals surface area (Å²) < 4.78 is 45.3. The number of fused-ring (bicyclic) bond motifs is 1. The molecule has 21 heavy (non-hydrogen) atoms. The van der Waals surface area contributed by atoms with Crippen LogP contribution in [-0.2, 0) is 9.47 Å². The molecule has 0 radical (unpaired) electrons. The fourth-order valence-electron chi connectivity index (χ4n) is 1.97. The number of esters is 1. The molecule has 2 rings (SSSR count). The molecule has 1 heterocycles. The molecule has 0 aliphatic rings. The number of methoxy groups -OCH3 is 1. The predicted octanol–water partition coefficient (Wildman–Crippen LogP) is 3.62. The molecule has 112 valence electrons. The van der Waals surface area contributed by atoms with Gasteiger partial charge in [0.1, 0.15) is 0 Å². The molecule has 0 fully saturated rings. The molecule has 0 saturated heterocycles. The first-order chi connectivity index (χ1) is 9.81. The van der Waals surface area contributed by atoms with Crippen molar-refractivity contribution in [1.82, 2.24) is 4.98 Å². The summed E-state index contributed by atoms with van der Waals surface area (Å²) >= 11 is 0. The zero-order valence-corrected chi connectivity index (χ0v) is 11.3. The number of hydrogen-bond acceptors (Lipinski definition) is 4. The third kappa shape index (κ3) is 3.49. The number of rotatable bonds is 3. The molecule has 1 atom stereocenters. The van der Waals surface area contributed by atoms with Gasteiger partial charge < -0.3 is 4.74 Å². The molecule has 2 aromatic rings. The van der Waals surface area contributed by atoms with Gasteiger partial charge in [-0.15, -0.1) is 13.2 Å². The molecule has 1 aromatic carbocycles. The van der Waals surface area contributed by atoms with Gasteiger partial charge in [0.25, 0.3) is 0 Å². The third-order valence-corrected chi connectivity index (χ3v) is 2.95. The quantitative estimate of drug-likeness (QED) is 0.812. The maximum atomic E-state index is 12.2. The topological polar surface area (TPSA) is 48.4 Å². The fourth-order valence-corrected chi connectivity index (χ4v) is 1.97. The van der Waals surface area contributed by atoms with Crippen LogP contribution in [0.2, 0.25) is 0 Å². The van der Waals surface area contributed by atoms with Gasteiger partial charge in [-0.05, 0) is 24.6 Å². The lowest BCUT2D eigenvalue weighted by molar-refractivity contribution is -0.342. The number of hydrogen-bond donors (Lipinski definition) is 0. The molecular formula is C14H12F3NO3. The van der Waals surface area contributed by atoms with Gasteiger partial charge in [-0.1, -0.05) is 12.1 Å². The Hall–Kier alpha value is -2.15. The van der Waals surface area contributed by atoms with Gasteiger partial charge in [-0.2, -0.15) is 0 Å². The molecule has 0 saturated carbocycles. The van der Waals surface area contributed by atoms with Crippen molar-refractivity contribution >= 4 is 16.9 Å². The van der Waals surface area contributed by atoms with E-state index in [0.717, 1.165) is 0 Å². The molecule has 0 amide bonds. The normalized spacial score (nSPS) is 13.2. The lowest BCUT2D eigenvalue weighted by Gasteiger charge is -2.16. The number of carbonyl (C=O) groups is 1. The smallest absolute Gasteiger partial charge is 0.465 e. The number of aromatic nitrogens is 1. The molecule has 7 heteroatoms. The van der Waals surface area contributed by atoms with E-state index in [1.54, 1.807) is 0 Å². The first-order valence-corrected chi connectivity index (χ1v) is 6.03. The Morgan fingerprint density at radius 1 is 1.29 bits per heavy atom. The van der Waals surface area contributed by atoms with Crippen LogP contribution in [-0.4, -0.2) is 24.4 Å². The minimum Gasteiger partial charge on any atom is -0.465 e. The van der Waals surface area contributed by atoms with E-state index in [1.165, 1.54) is 44.5 Å². The first kappa shape index (κ1) is 15.2. The second-order valence-corrected chi connectivity index (χ2v) is 4.33. The van der Waals surface area contributed by atoms with Gasteiger partial charge in [0.15, 0.2) is 0 Å². The minimum atomic E-state index is -4.71. The summed E-state index contributed by atoms with van der Waals surface area (Å²) in [6.07, 6.45) is -4.48. The summed E-state index contributed by atoms with van der Waals surface area (Å²) in [7, 11) is 1.25. The van der Waals surface area contributed by atoms with Crippen LogP contribution in [0.3, 0.4) is 0 Å². The zero-order valence-electron chi connectivity index (χ0n) is 11.3. The summed E-state index contributed by atoms with van der Waals surface area (Å²) in [6.45, 7) is 1.29. The molecule has 0 bridgehead atoms. The minimum absolute atomic E-state index is 0.304. The second kappa shape index (κ2) is 5.69. The van der Waals surface area contributed by atoms with E-state index in [0.29, 0.717) is 22.0 Å². The van der Waals surface area contributed by atoms with Gasteiger partial charge >= 0.3 is 12.3 Å². The van der Waals surface area contributed by atoms with Crippen LogP contribution in [0.4, 0.5) is 13.2 Å². The molecule has 0 spiro atoms. The molecule has 4 nitrogen and oxygen atoms in total. The van der Waals surface area contributed by atoms with E-state index >= 15 is 0 Å². The summed E-state index contributed by atoms with van der Waals surface area (Å²) in [6, 6.07) is 5.94. The van der Waals surface area contributed by atoms with E-state index in [2.05, 4.69) is 14.5 Å². The zero-order chi connectivity index (χ0) is 15.6. The van der Waals surface area contributed by atoms with Crippen molar-refractivity contribution in [3.63, 3.8) is 0 Å². The van der Waals surface area contributed by atoms with Crippen molar-refractivity contribution in [3.05, 3.63) is 41.6 Å². The van der Waals surface area contributed by atoms with Crippen LogP contribution in [0.1, 0.15) is 28.9 Å². The third-order valence-electron chi connectivity index (χ3n) is 2.95. The van der Waals surface area contributed by atoms with E-state index in [9.17, 15) is 18.0 Å². The van der Waals surface area contributed by atoms with Crippen molar-refractivity contribution in [2.45, 2.75) is 19.4 Å². The van der Waals surface area contributed by atoms with Crippen LogP contribution in [0.5, 0.6) is 0 Å². The summed E-state index contributed by atoms with van der Waals surface area (Å²) in [5, 5.41) is 0.507. The number of ether oxygens (including phenoxy) is 2. The van der Waals surface area contributed by atoms with E-state index in [-0.39, 0.29) is 0 Å².